The molecule has 1 atom stereocenters. The number of para-hydroxylation sites is 1. The third-order valence-corrected chi connectivity index (χ3v) is 5.97. The van der Waals surface area contributed by atoms with Crippen LogP contribution in [0.5, 0.6) is 0 Å². The van der Waals surface area contributed by atoms with Crippen molar-refractivity contribution in [1.29, 1.82) is 0 Å². The van der Waals surface area contributed by atoms with Gasteiger partial charge in [-0.2, -0.15) is 0 Å². The van der Waals surface area contributed by atoms with Gasteiger partial charge in [0.25, 0.3) is 15.9 Å². The van der Waals surface area contributed by atoms with Gasteiger partial charge in [-0.25, -0.2) is 12.7 Å². The number of carbonyl (C=O) groups excluding carboxylic acids is 1. The third kappa shape index (κ3) is 3.13. The molecule has 1 aromatic carbocycles. The van der Waals surface area contributed by atoms with E-state index in [0.717, 1.165) is 15.3 Å². The highest BCUT2D eigenvalue weighted by Crippen LogP contribution is 2.28. The van der Waals surface area contributed by atoms with Crippen LogP contribution in [0.15, 0.2) is 56.4 Å². The van der Waals surface area contributed by atoms with E-state index in [-0.39, 0.29) is 16.9 Å². The van der Waals surface area contributed by atoms with E-state index in [2.05, 4.69) is 0 Å². The zero-order valence-electron chi connectivity index (χ0n) is 15.0. The molecule has 3 rings (SSSR count). The van der Waals surface area contributed by atoms with Crippen LogP contribution < -0.4 is 0 Å². The van der Waals surface area contributed by atoms with E-state index in [9.17, 15) is 13.2 Å². The predicted octanol–water partition coefficient (Wildman–Crippen LogP) is 3.11. The van der Waals surface area contributed by atoms with Gasteiger partial charge in [-0.1, -0.05) is 18.2 Å². The summed E-state index contributed by atoms with van der Waals surface area (Å²) in [6, 6.07) is 11.8. The van der Waals surface area contributed by atoms with Gasteiger partial charge in [0, 0.05) is 26.5 Å². The van der Waals surface area contributed by atoms with Gasteiger partial charge in [0.2, 0.25) is 5.09 Å². The summed E-state index contributed by atoms with van der Waals surface area (Å²) in [4.78, 5) is 14.1. The number of rotatable bonds is 5. The molecule has 0 aliphatic rings. The lowest BCUT2D eigenvalue weighted by atomic mass is 10.2. The van der Waals surface area contributed by atoms with Crippen molar-refractivity contribution < 1.29 is 22.0 Å². The maximum absolute atomic E-state index is 12.7. The second-order valence-corrected chi connectivity index (χ2v) is 8.27. The first-order valence-electron chi connectivity index (χ1n) is 8.00. The molecule has 0 unspecified atom stereocenters. The maximum Gasteiger partial charge on any atom is 0.289 e. The molecule has 2 heterocycles. The summed E-state index contributed by atoms with van der Waals surface area (Å²) in [5, 5.41) is 0.684. The van der Waals surface area contributed by atoms with Crippen LogP contribution in [0.4, 0.5) is 0 Å². The number of nitrogens with zero attached hydrogens (tertiary/aromatic N) is 2. The number of hydrogen-bond donors (Lipinski definition) is 0. The molecular weight excluding hydrogens is 356 g/mol. The van der Waals surface area contributed by atoms with Crippen molar-refractivity contribution in [3.63, 3.8) is 0 Å². The second-order valence-electron chi connectivity index (χ2n) is 6.18. The Balaban J connectivity index is 1.84. The van der Waals surface area contributed by atoms with Crippen LogP contribution in [-0.2, 0) is 10.0 Å². The zero-order valence-corrected chi connectivity index (χ0v) is 15.8. The lowest BCUT2D eigenvalue weighted by Gasteiger charge is -2.22. The van der Waals surface area contributed by atoms with Crippen molar-refractivity contribution in [1.82, 2.24) is 9.21 Å². The molecule has 138 valence electrons. The fourth-order valence-electron chi connectivity index (χ4n) is 2.50. The minimum absolute atomic E-state index is 0.0455. The Morgan fingerprint density at radius 3 is 2.38 bits per heavy atom. The summed E-state index contributed by atoms with van der Waals surface area (Å²) in [7, 11) is 0.682. The molecule has 0 saturated heterocycles. The summed E-state index contributed by atoms with van der Waals surface area (Å²) >= 11 is 0. The largest absolute Gasteiger partial charge is 0.459 e. The summed E-state index contributed by atoms with van der Waals surface area (Å²) < 4.78 is 36.3. The van der Waals surface area contributed by atoms with Gasteiger partial charge in [-0.15, -0.1) is 0 Å². The SMILES string of the molecule is C[C@H](c1cc2ccccc2o1)N(C)C(=O)c1ccc(S(=O)(=O)N(C)C)o1. The van der Waals surface area contributed by atoms with Crippen LogP contribution in [0.2, 0.25) is 0 Å². The molecule has 0 spiro atoms. The van der Waals surface area contributed by atoms with Gasteiger partial charge in [0.15, 0.2) is 5.76 Å². The Morgan fingerprint density at radius 2 is 1.73 bits per heavy atom. The summed E-state index contributed by atoms with van der Waals surface area (Å²) in [6.07, 6.45) is 0. The van der Waals surface area contributed by atoms with E-state index in [1.807, 2.05) is 37.3 Å². The Morgan fingerprint density at radius 1 is 1.04 bits per heavy atom. The highest BCUT2D eigenvalue weighted by molar-refractivity contribution is 7.88. The van der Waals surface area contributed by atoms with Crippen LogP contribution in [0.1, 0.15) is 29.3 Å². The Hall–Kier alpha value is -2.58. The number of carbonyl (C=O) groups is 1. The van der Waals surface area contributed by atoms with Gasteiger partial charge < -0.3 is 13.7 Å². The number of sulfonamides is 1. The third-order valence-electron chi connectivity index (χ3n) is 4.28. The molecule has 0 radical (unpaired) electrons. The van der Waals surface area contributed by atoms with Gasteiger partial charge in [0.05, 0.1) is 6.04 Å². The summed E-state index contributed by atoms with van der Waals surface area (Å²) in [5.74, 6) is 0.156. The lowest BCUT2D eigenvalue weighted by molar-refractivity contribution is 0.0689. The van der Waals surface area contributed by atoms with Crippen molar-refractivity contribution in [2.24, 2.45) is 0 Å². The fraction of sp³-hybridized carbons (Fsp3) is 0.278. The molecule has 2 aromatic heterocycles. The normalized spacial score (nSPS) is 13.3. The molecule has 0 bridgehead atoms. The molecule has 8 heteroatoms. The average Bonchev–Trinajstić information content (AvgIpc) is 3.26. The molecule has 26 heavy (non-hydrogen) atoms. The molecule has 1 amide bonds. The number of amides is 1. The van der Waals surface area contributed by atoms with Crippen LogP contribution in [0.3, 0.4) is 0 Å². The van der Waals surface area contributed by atoms with Crippen molar-refractivity contribution in [2.75, 3.05) is 21.1 Å². The summed E-state index contributed by atoms with van der Waals surface area (Å²) in [5.41, 5.74) is 0.743. The molecule has 0 saturated carbocycles. The number of furan rings is 2. The first-order chi connectivity index (χ1) is 12.2. The fourth-order valence-corrected chi connectivity index (χ4v) is 3.30. The van der Waals surface area contributed by atoms with E-state index in [0.29, 0.717) is 5.76 Å². The van der Waals surface area contributed by atoms with E-state index in [1.54, 1.807) is 7.05 Å². The lowest BCUT2D eigenvalue weighted by Crippen LogP contribution is -2.29. The maximum atomic E-state index is 12.7. The molecule has 0 aliphatic carbocycles. The van der Waals surface area contributed by atoms with Crippen LogP contribution in [0.25, 0.3) is 11.0 Å². The van der Waals surface area contributed by atoms with Crippen LogP contribution in [-0.4, -0.2) is 44.7 Å². The van der Waals surface area contributed by atoms with Crippen molar-refractivity contribution in [2.45, 2.75) is 18.1 Å². The molecule has 7 nitrogen and oxygen atoms in total. The van der Waals surface area contributed by atoms with Crippen molar-refractivity contribution in [3.8, 4) is 0 Å². The quantitative estimate of drug-likeness (QED) is 0.683. The first kappa shape index (κ1) is 18.2. The van der Waals surface area contributed by atoms with Gasteiger partial charge in [-0.05, 0) is 31.2 Å². The molecule has 0 aliphatic heterocycles. The van der Waals surface area contributed by atoms with Crippen molar-refractivity contribution in [3.05, 3.63) is 54.0 Å². The molecule has 0 fully saturated rings. The van der Waals surface area contributed by atoms with Crippen LogP contribution in [0, 0.1) is 0 Å². The predicted molar refractivity (Wildman–Crippen MR) is 96.3 cm³/mol. The standard InChI is InChI=1S/C18H20N2O5S/c1-12(16-11-13-7-5-6-8-14(13)24-16)20(4)18(21)15-9-10-17(25-15)26(22,23)19(2)3/h5-12H,1-4H3/t12-/m1/s1. The molecule has 3 aromatic rings. The van der Waals surface area contributed by atoms with Crippen LogP contribution >= 0.6 is 0 Å². The zero-order chi connectivity index (χ0) is 19.1. The van der Waals surface area contributed by atoms with Gasteiger partial charge in [-0.3, -0.25) is 4.79 Å². The molecule has 0 N–H and O–H groups in total. The average molecular weight is 376 g/mol. The minimum Gasteiger partial charge on any atom is -0.459 e. The van der Waals surface area contributed by atoms with Gasteiger partial charge >= 0.3 is 0 Å². The number of fused-ring (bicyclic) bond motifs is 1. The minimum atomic E-state index is -3.73. The van der Waals surface area contributed by atoms with Crippen molar-refractivity contribution >= 4 is 26.9 Å². The van der Waals surface area contributed by atoms with E-state index in [4.69, 9.17) is 8.83 Å². The monoisotopic (exact) mass is 376 g/mol. The van der Waals surface area contributed by atoms with E-state index < -0.39 is 15.9 Å². The Labute approximate surface area is 151 Å². The Kier molecular flexibility index (Phi) is 4.64. The number of hydrogen-bond acceptors (Lipinski definition) is 5. The van der Waals surface area contributed by atoms with E-state index in [1.165, 1.54) is 31.1 Å². The van der Waals surface area contributed by atoms with Gasteiger partial charge in [0.1, 0.15) is 11.3 Å². The topological polar surface area (TPSA) is 84.0 Å². The summed E-state index contributed by atoms with van der Waals surface area (Å²) in [6.45, 7) is 1.83. The second kappa shape index (κ2) is 6.62. The smallest absolute Gasteiger partial charge is 0.289 e. The number of benzene rings is 1. The first-order valence-corrected chi connectivity index (χ1v) is 9.44. The Bertz CT molecular complexity index is 1020. The highest BCUT2D eigenvalue weighted by Gasteiger charge is 2.27. The van der Waals surface area contributed by atoms with E-state index >= 15 is 0 Å². The highest BCUT2D eigenvalue weighted by atomic mass is 32.2. The molecular formula is C18H20N2O5S.